The molecule has 2 amide bonds. The van der Waals surface area contributed by atoms with Gasteiger partial charge in [-0.15, -0.1) is 11.3 Å². The number of carbonyl (C=O) groups is 2. The van der Waals surface area contributed by atoms with Crippen LogP contribution in [0.3, 0.4) is 0 Å². The number of hydrogen-bond donors (Lipinski definition) is 1. The molecule has 22 heavy (non-hydrogen) atoms. The number of nitrogens with zero attached hydrogens (tertiary/aromatic N) is 1. The normalized spacial score (nSPS) is 27.9. The van der Waals surface area contributed by atoms with Gasteiger partial charge in [0.25, 0.3) is 0 Å². The second-order valence-electron chi connectivity index (χ2n) is 5.77. The first-order valence-electron chi connectivity index (χ1n) is 7.49. The van der Waals surface area contributed by atoms with Gasteiger partial charge >= 0.3 is 0 Å². The summed E-state index contributed by atoms with van der Waals surface area (Å²) in [5.74, 6) is 0.335. The fraction of sp³-hybridized carbons (Fsp3) is 0.500. The highest BCUT2D eigenvalue weighted by molar-refractivity contribution is 7.10. The van der Waals surface area contributed by atoms with Crippen LogP contribution in [0, 0.1) is 17.8 Å². The van der Waals surface area contributed by atoms with Crippen LogP contribution in [-0.4, -0.2) is 50.1 Å². The number of amides is 2. The summed E-state index contributed by atoms with van der Waals surface area (Å²) in [5.41, 5.74) is 0. The molecule has 0 radical (unpaired) electrons. The molecule has 5 nitrogen and oxygen atoms in total. The summed E-state index contributed by atoms with van der Waals surface area (Å²) in [4.78, 5) is 27.2. The standard InChI is InChI=1S/C16H20N2O3S/c1-17-16(20)14-10-21-9-11-7-18(8-13(11)14)15(19)5-4-12-3-2-6-22-12/h2-6,11,13-14H,7-10H2,1H3,(H,17,20)/b5-4+/t11-,13-,14+/m1/s1. The molecule has 0 bridgehead atoms. The first kappa shape index (κ1) is 15.2. The van der Waals surface area contributed by atoms with E-state index in [0.29, 0.717) is 26.3 Å². The molecular formula is C16H20N2O3S. The predicted octanol–water partition coefficient (Wildman–Crippen LogP) is 1.23. The molecule has 1 aromatic rings. The molecule has 0 spiro atoms. The van der Waals surface area contributed by atoms with E-state index in [9.17, 15) is 9.59 Å². The summed E-state index contributed by atoms with van der Waals surface area (Å²) in [6.07, 6.45) is 3.47. The average Bonchev–Trinajstić information content (AvgIpc) is 3.20. The van der Waals surface area contributed by atoms with Gasteiger partial charge < -0.3 is 15.0 Å². The van der Waals surface area contributed by atoms with E-state index in [1.807, 2.05) is 28.5 Å². The summed E-state index contributed by atoms with van der Waals surface area (Å²) >= 11 is 1.60. The van der Waals surface area contributed by atoms with Crippen LogP contribution in [0.15, 0.2) is 23.6 Å². The van der Waals surface area contributed by atoms with E-state index in [2.05, 4.69) is 5.32 Å². The van der Waals surface area contributed by atoms with Crippen LogP contribution >= 0.6 is 11.3 Å². The van der Waals surface area contributed by atoms with E-state index in [1.165, 1.54) is 0 Å². The molecule has 3 rings (SSSR count). The number of fused-ring (bicyclic) bond motifs is 1. The average molecular weight is 320 g/mol. The zero-order chi connectivity index (χ0) is 15.5. The minimum absolute atomic E-state index is 0.0122. The molecule has 118 valence electrons. The van der Waals surface area contributed by atoms with Crippen molar-refractivity contribution in [3.05, 3.63) is 28.5 Å². The van der Waals surface area contributed by atoms with Gasteiger partial charge in [-0.05, 0) is 23.4 Å². The molecular weight excluding hydrogens is 300 g/mol. The van der Waals surface area contributed by atoms with Crippen molar-refractivity contribution < 1.29 is 14.3 Å². The maximum atomic E-state index is 12.3. The van der Waals surface area contributed by atoms with Crippen LogP contribution in [0.4, 0.5) is 0 Å². The molecule has 3 heterocycles. The molecule has 2 saturated heterocycles. The van der Waals surface area contributed by atoms with E-state index in [1.54, 1.807) is 24.5 Å². The van der Waals surface area contributed by atoms with E-state index < -0.39 is 0 Å². The molecule has 0 aromatic carbocycles. The van der Waals surface area contributed by atoms with Crippen LogP contribution in [0.1, 0.15) is 4.88 Å². The summed E-state index contributed by atoms with van der Waals surface area (Å²) in [6.45, 7) is 2.40. The lowest BCUT2D eigenvalue weighted by Crippen LogP contribution is -2.43. The third-order valence-corrected chi connectivity index (χ3v) is 5.30. The Labute approximate surface area is 133 Å². The molecule has 0 saturated carbocycles. The van der Waals surface area contributed by atoms with Gasteiger partial charge in [-0.25, -0.2) is 0 Å². The van der Waals surface area contributed by atoms with Gasteiger partial charge in [0.1, 0.15) is 0 Å². The van der Waals surface area contributed by atoms with Crippen molar-refractivity contribution in [2.75, 3.05) is 33.4 Å². The van der Waals surface area contributed by atoms with E-state index in [4.69, 9.17) is 4.74 Å². The predicted molar refractivity (Wildman–Crippen MR) is 85.3 cm³/mol. The lowest BCUT2D eigenvalue weighted by Gasteiger charge is -2.31. The van der Waals surface area contributed by atoms with Gasteiger partial charge in [-0.2, -0.15) is 0 Å². The Bertz CT molecular complexity index is 570. The molecule has 0 unspecified atom stereocenters. The molecule has 2 aliphatic heterocycles. The third-order valence-electron chi connectivity index (χ3n) is 4.47. The van der Waals surface area contributed by atoms with Crippen molar-refractivity contribution in [2.24, 2.45) is 17.8 Å². The van der Waals surface area contributed by atoms with Crippen molar-refractivity contribution >= 4 is 29.2 Å². The van der Waals surface area contributed by atoms with Crippen molar-refractivity contribution in [1.29, 1.82) is 0 Å². The summed E-state index contributed by atoms with van der Waals surface area (Å²) < 4.78 is 5.55. The minimum Gasteiger partial charge on any atom is -0.380 e. The first-order chi connectivity index (χ1) is 10.7. The van der Waals surface area contributed by atoms with Gasteiger partial charge in [0.05, 0.1) is 19.1 Å². The number of hydrogen-bond acceptors (Lipinski definition) is 4. The lowest BCUT2D eigenvalue weighted by atomic mass is 9.82. The van der Waals surface area contributed by atoms with Gasteiger partial charge in [-0.1, -0.05) is 6.07 Å². The summed E-state index contributed by atoms with van der Waals surface area (Å²) in [5, 5.41) is 4.69. The van der Waals surface area contributed by atoms with Crippen LogP contribution in [0.25, 0.3) is 6.08 Å². The molecule has 3 atom stereocenters. The second-order valence-corrected chi connectivity index (χ2v) is 6.75. The monoisotopic (exact) mass is 320 g/mol. The quantitative estimate of drug-likeness (QED) is 0.852. The van der Waals surface area contributed by atoms with Crippen molar-refractivity contribution in [3.63, 3.8) is 0 Å². The smallest absolute Gasteiger partial charge is 0.246 e. The Morgan fingerprint density at radius 2 is 2.27 bits per heavy atom. The van der Waals surface area contributed by atoms with E-state index in [-0.39, 0.29) is 29.6 Å². The molecule has 0 aliphatic carbocycles. The molecule has 1 N–H and O–H groups in total. The number of thiophene rings is 1. The topological polar surface area (TPSA) is 58.6 Å². The zero-order valence-electron chi connectivity index (χ0n) is 12.5. The fourth-order valence-electron chi connectivity index (χ4n) is 3.28. The van der Waals surface area contributed by atoms with E-state index in [0.717, 1.165) is 4.88 Å². The highest BCUT2D eigenvalue weighted by Gasteiger charge is 2.44. The Morgan fingerprint density at radius 3 is 3.00 bits per heavy atom. The highest BCUT2D eigenvalue weighted by atomic mass is 32.1. The van der Waals surface area contributed by atoms with Gasteiger partial charge in [0.15, 0.2) is 0 Å². The highest BCUT2D eigenvalue weighted by Crippen LogP contribution is 2.34. The molecule has 1 aromatic heterocycles. The van der Waals surface area contributed by atoms with Crippen LogP contribution < -0.4 is 5.32 Å². The minimum atomic E-state index is -0.150. The number of ether oxygens (including phenoxy) is 1. The van der Waals surface area contributed by atoms with Gasteiger partial charge in [0, 0.05) is 37.0 Å². The maximum Gasteiger partial charge on any atom is 0.246 e. The number of likely N-dealkylation sites (tertiary alicyclic amines) is 1. The van der Waals surface area contributed by atoms with Crippen molar-refractivity contribution in [1.82, 2.24) is 10.2 Å². The van der Waals surface area contributed by atoms with E-state index >= 15 is 0 Å². The first-order valence-corrected chi connectivity index (χ1v) is 8.37. The largest absolute Gasteiger partial charge is 0.380 e. The van der Waals surface area contributed by atoms with Crippen LogP contribution in [-0.2, 0) is 14.3 Å². The molecule has 2 aliphatic rings. The number of rotatable bonds is 3. The summed E-state index contributed by atoms with van der Waals surface area (Å²) in [7, 11) is 1.65. The second kappa shape index (κ2) is 6.62. The lowest BCUT2D eigenvalue weighted by molar-refractivity contribution is -0.133. The third kappa shape index (κ3) is 3.08. The van der Waals surface area contributed by atoms with Gasteiger partial charge in [-0.3, -0.25) is 9.59 Å². The van der Waals surface area contributed by atoms with Crippen LogP contribution in [0.5, 0.6) is 0 Å². The maximum absolute atomic E-state index is 12.3. The number of nitrogens with one attached hydrogen (secondary N) is 1. The Balaban J connectivity index is 1.65. The molecule has 2 fully saturated rings. The SMILES string of the molecule is CNC(=O)[C@H]1COC[C@H]2CN(C(=O)/C=C/c3cccs3)C[C@H]21. The number of carbonyl (C=O) groups excluding carboxylic acids is 2. The van der Waals surface area contributed by atoms with Crippen molar-refractivity contribution in [3.8, 4) is 0 Å². The summed E-state index contributed by atoms with van der Waals surface area (Å²) in [6, 6.07) is 3.94. The Hall–Kier alpha value is -1.66. The fourth-order valence-corrected chi connectivity index (χ4v) is 3.90. The Kier molecular flexibility index (Phi) is 4.59. The zero-order valence-corrected chi connectivity index (χ0v) is 13.3. The molecule has 6 heteroatoms. The Morgan fingerprint density at radius 1 is 1.41 bits per heavy atom. The van der Waals surface area contributed by atoms with Crippen LogP contribution in [0.2, 0.25) is 0 Å². The van der Waals surface area contributed by atoms with Crippen molar-refractivity contribution in [2.45, 2.75) is 0 Å². The van der Waals surface area contributed by atoms with Gasteiger partial charge in [0.2, 0.25) is 11.8 Å².